The van der Waals surface area contributed by atoms with Crippen LogP contribution in [-0.2, 0) is 19.1 Å². The van der Waals surface area contributed by atoms with Crippen molar-refractivity contribution in [3.63, 3.8) is 0 Å². The van der Waals surface area contributed by atoms with Crippen molar-refractivity contribution >= 4 is 11.6 Å². The first kappa shape index (κ1) is 44.7. The molecule has 65 heavy (non-hydrogen) atoms. The summed E-state index contributed by atoms with van der Waals surface area (Å²) in [6.45, 7) is 36.9. The number of ketones is 2. The fourth-order valence-electron chi connectivity index (χ4n) is 23.3. The van der Waals surface area contributed by atoms with Gasteiger partial charge in [-0.1, -0.05) is 109 Å². The Morgan fingerprint density at radius 3 is 1.18 bits per heavy atom. The molecule has 2 saturated heterocycles. The smallest absolute Gasteiger partial charge is 0.184 e. The van der Waals surface area contributed by atoms with E-state index in [1.807, 2.05) is 0 Å². The Morgan fingerprint density at radius 1 is 0.431 bits per heavy atom. The third kappa shape index (κ3) is 5.07. The molecule has 0 unspecified atom stereocenters. The summed E-state index contributed by atoms with van der Waals surface area (Å²) in [5.74, 6) is 4.67. The summed E-state index contributed by atoms with van der Waals surface area (Å²) in [6, 6.07) is 0. The minimum atomic E-state index is -0.520. The van der Waals surface area contributed by atoms with E-state index in [9.17, 15) is 0 Å². The third-order valence-electron chi connectivity index (χ3n) is 27.2. The van der Waals surface area contributed by atoms with Gasteiger partial charge in [-0.25, -0.2) is 0 Å². The molecule has 360 valence electrons. The Kier molecular flexibility index (Phi) is 8.87. The summed E-state index contributed by atoms with van der Waals surface area (Å²) in [5.41, 5.74) is 2.15. The van der Waals surface area contributed by atoms with Crippen molar-refractivity contribution in [2.75, 3.05) is 13.2 Å². The summed E-state index contributed by atoms with van der Waals surface area (Å²) in [4.78, 5) is 30.4. The molecule has 12 aliphatic rings. The van der Waals surface area contributed by atoms with Crippen molar-refractivity contribution in [1.82, 2.24) is 5.32 Å². The number of ether oxygens (including phenoxy) is 2. The van der Waals surface area contributed by atoms with E-state index in [1.54, 1.807) is 0 Å². The predicted molar refractivity (Wildman–Crippen MR) is 259 cm³/mol. The first-order valence-corrected chi connectivity index (χ1v) is 27.7. The van der Waals surface area contributed by atoms with E-state index in [2.05, 4.69) is 114 Å². The van der Waals surface area contributed by atoms with Gasteiger partial charge >= 0.3 is 0 Å². The highest BCUT2D eigenvalue weighted by molar-refractivity contribution is 6.05. The van der Waals surface area contributed by atoms with Gasteiger partial charge in [0, 0.05) is 10.8 Å². The van der Waals surface area contributed by atoms with E-state index in [0.29, 0.717) is 69.9 Å². The van der Waals surface area contributed by atoms with Gasteiger partial charge in [0.1, 0.15) is 0 Å². The SMILES string of the molecule is CC1(C)CC[C@]23CC[C@]4(C)[C@H](CC[C@@H]5[C@@]6(C)C=C(NC7=C[C@]8(C)[C@H]9CC[C@@H]%10[C@H]%11[C@H]%12OC[C@@]%11(CCC%12(C)C)CC[C@@]%10(C)[C@]9(C)CC[C@H]8C(C)(C)C7=O)C(=O)C(C)(C)[C@@H]6CC[C@]54C)[C@H]2[C@H]1OC3. The fraction of sp³-hybridized carbons (Fsp3) is 0.900. The molecule has 0 aromatic carbocycles. The monoisotopic (exact) mass is 890 g/mol. The summed E-state index contributed by atoms with van der Waals surface area (Å²) in [7, 11) is 0. The molecule has 18 atom stereocenters. The van der Waals surface area contributed by atoms with Crippen LogP contribution < -0.4 is 5.32 Å². The lowest BCUT2D eigenvalue weighted by Gasteiger charge is -2.72. The molecular formula is C60H91NO4. The van der Waals surface area contributed by atoms with Crippen LogP contribution in [0.5, 0.6) is 0 Å². The summed E-state index contributed by atoms with van der Waals surface area (Å²) < 4.78 is 13.8. The van der Waals surface area contributed by atoms with Crippen molar-refractivity contribution in [3.8, 4) is 0 Å². The average molecular weight is 890 g/mol. The molecule has 0 aromatic heterocycles. The van der Waals surface area contributed by atoms with Gasteiger partial charge in [-0.3, -0.25) is 9.59 Å². The minimum Gasteiger partial charge on any atom is -0.377 e. The van der Waals surface area contributed by atoms with Gasteiger partial charge in [-0.05, 0) is 204 Å². The highest BCUT2D eigenvalue weighted by Gasteiger charge is 2.75. The lowest BCUT2D eigenvalue weighted by Crippen LogP contribution is -2.67. The standard InChI is InChI=1S/C60H91NO4/c1-49(2)23-27-59-29-25-55(11)35(43(59)47(49)64-33-59)15-17-41-53(9)31-37(45(62)51(5,6)39(53)19-21-57(41,55)13)61-38-32-54(10)40(52(7,8)46(38)63)20-22-58(14)42(54)18-16-36-44-48-50(3,4)24-28-60(44,34-65-48)30-26-56(36,58)12/h31-32,35-36,39-44,47-48,61H,15-30,33-34H2,1-14H3/t35-,36-,39+,40+,41-,42-,43+,44+,47-,48-,53+,54+,55-,56-,57-,58-,59-,60-/m1/s1. The number of hydrogen-bond donors (Lipinski definition) is 1. The first-order chi connectivity index (χ1) is 30.1. The minimum absolute atomic E-state index is 0.150. The number of hydrogen-bond acceptors (Lipinski definition) is 5. The number of fused-ring (bicyclic) bond motifs is 10. The van der Waals surface area contributed by atoms with Crippen LogP contribution in [0.3, 0.4) is 0 Å². The van der Waals surface area contributed by atoms with Gasteiger partial charge in [0.25, 0.3) is 0 Å². The highest BCUT2D eigenvalue weighted by Crippen LogP contribution is 2.80. The molecule has 4 bridgehead atoms. The number of rotatable bonds is 2. The van der Waals surface area contributed by atoms with Crippen molar-refractivity contribution in [1.29, 1.82) is 0 Å². The maximum atomic E-state index is 15.2. The van der Waals surface area contributed by atoms with Crippen LogP contribution in [0.2, 0.25) is 0 Å². The molecule has 0 spiro atoms. The highest BCUT2D eigenvalue weighted by atomic mass is 16.5. The normalized spacial score (nSPS) is 57.1. The number of allylic oxidation sites excluding steroid dienone is 4. The van der Waals surface area contributed by atoms with Crippen molar-refractivity contribution in [2.24, 2.45) is 112 Å². The van der Waals surface area contributed by atoms with Gasteiger partial charge in [0.15, 0.2) is 11.6 Å². The lowest BCUT2D eigenvalue weighted by atomic mass is 9.32. The Bertz CT molecular complexity index is 2030. The molecular weight excluding hydrogens is 799 g/mol. The van der Waals surface area contributed by atoms with Crippen LogP contribution in [0.25, 0.3) is 0 Å². The molecule has 5 nitrogen and oxygen atoms in total. The van der Waals surface area contributed by atoms with E-state index >= 15 is 9.59 Å². The van der Waals surface area contributed by atoms with Gasteiger partial charge < -0.3 is 14.8 Å². The zero-order valence-corrected chi connectivity index (χ0v) is 43.8. The van der Waals surface area contributed by atoms with Gasteiger partial charge in [0.2, 0.25) is 0 Å². The Morgan fingerprint density at radius 2 is 0.800 bits per heavy atom. The molecule has 5 heteroatoms. The zero-order valence-electron chi connectivity index (χ0n) is 43.8. The van der Waals surface area contributed by atoms with E-state index in [0.717, 1.165) is 26.1 Å². The van der Waals surface area contributed by atoms with Crippen molar-refractivity contribution in [3.05, 3.63) is 23.5 Å². The van der Waals surface area contributed by atoms with E-state index in [1.165, 1.54) is 89.9 Å². The molecule has 2 aliphatic heterocycles. The second kappa shape index (κ2) is 12.9. The number of nitrogens with one attached hydrogen (secondary N) is 1. The number of carbonyl (C=O) groups is 2. The molecule has 1 N–H and O–H groups in total. The Labute approximate surface area is 395 Å². The van der Waals surface area contributed by atoms with Crippen molar-refractivity contribution < 1.29 is 19.1 Å². The van der Waals surface area contributed by atoms with Crippen LogP contribution >= 0.6 is 0 Å². The summed E-state index contributed by atoms with van der Waals surface area (Å²) in [6.07, 6.45) is 25.7. The average Bonchev–Trinajstić information content (AvgIpc) is 3.74. The molecule has 0 amide bonds. The Hall–Kier alpha value is -1.46. The van der Waals surface area contributed by atoms with Crippen LogP contribution in [-0.4, -0.2) is 37.0 Å². The summed E-state index contributed by atoms with van der Waals surface area (Å²) in [5, 5.41) is 3.85. The van der Waals surface area contributed by atoms with E-state index in [4.69, 9.17) is 9.47 Å². The maximum Gasteiger partial charge on any atom is 0.184 e. The zero-order chi connectivity index (χ0) is 46.3. The predicted octanol–water partition coefficient (Wildman–Crippen LogP) is 13.7. The molecule has 10 fully saturated rings. The molecule has 12 rings (SSSR count). The molecule has 0 aromatic rings. The second-order valence-corrected chi connectivity index (χ2v) is 30.6. The van der Waals surface area contributed by atoms with Crippen LogP contribution in [0, 0.1) is 112 Å². The largest absolute Gasteiger partial charge is 0.377 e. The molecule has 0 radical (unpaired) electrons. The number of Topliss-reactive ketones (excluding diaryl/α,β-unsaturated/α-hetero) is 2. The quantitative estimate of drug-likeness (QED) is 0.299. The second-order valence-electron chi connectivity index (χ2n) is 30.6. The van der Waals surface area contributed by atoms with E-state index < -0.39 is 10.8 Å². The first-order valence-electron chi connectivity index (χ1n) is 27.7. The maximum absolute atomic E-state index is 15.2. The number of carbonyl (C=O) groups excluding carboxylic acids is 2. The van der Waals surface area contributed by atoms with Gasteiger partial charge in [0.05, 0.1) is 36.8 Å². The van der Waals surface area contributed by atoms with Gasteiger partial charge in [-0.2, -0.15) is 0 Å². The fourth-order valence-corrected chi connectivity index (χ4v) is 23.3. The van der Waals surface area contributed by atoms with Crippen LogP contribution in [0.1, 0.15) is 200 Å². The third-order valence-corrected chi connectivity index (χ3v) is 27.2. The summed E-state index contributed by atoms with van der Waals surface area (Å²) >= 11 is 0. The lowest BCUT2D eigenvalue weighted by molar-refractivity contribution is -0.227. The van der Waals surface area contributed by atoms with Crippen molar-refractivity contribution in [2.45, 2.75) is 212 Å². The van der Waals surface area contributed by atoms with Crippen LogP contribution in [0.15, 0.2) is 23.5 Å². The molecule has 10 aliphatic carbocycles. The Balaban J connectivity index is 0.893. The van der Waals surface area contributed by atoms with Gasteiger partial charge in [-0.15, -0.1) is 0 Å². The molecule has 8 saturated carbocycles. The topological polar surface area (TPSA) is 64.6 Å². The van der Waals surface area contributed by atoms with Crippen LogP contribution in [0.4, 0.5) is 0 Å². The molecule has 2 heterocycles. The van der Waals surface area contributed by atoms with E-state index in [-0.39, 0.29) is 66.7 Å².